The molecule has 0 unspecified atom stereocenters. The van der Waals surface area contributed by atoms with Crippen LogP contribution in [0.4, 0.5) is 5.95 Å². The second-order valence-corrected chi connectivity index (χ2v) is 3.91. The summed E-state index contributed by atoms with van der Waals surface area (Å²) in [7, 11) is 2.14. The van der Waals surface area contributed by atoms with E-state index in [-0.39, 0.29) is 0 Å². The molecule has 0 N–H and O–H groups in total. The molecule has 0 atom stereocenters. The van der Waals surface area contributed by atoms with Gasteiger partial charge in [0, 0.05) is 45.0 Å². The Bertz CT molecular complexity index is 310. The molecule has 2 rings (SSSR count). The van der Waals surface area contributed by atoms with Crippen LogP contribution in [0.15, 0.2) is 18.5 Å². The fourth-order valence-electron chi connectivity index (χ4n) is 1.46. The Hall–Kier alpha value is -1.49. The first-order chi connectivity index (χ1) is 9.27. The number of rotatable bonds is 2. The summed E-state index contributed by atoms with van der Waals surface area (Å²) >= 11 is 0. The van der Waals surface area contributed by atoms with E-state index in [9.17, 15) is 4.79 Å². The fraction of sp³-hybridized carbons (Fsp3) is 0.643. The van der Waals surface area contributed by atoms with E-state index >= 15 is 0 Å². The van der Waals surface area contributed by atoms with Crippen LogP contribution in [0, 0.1) is 0 Å². The third-order valence-corrected chi connectivity index (χ3v) is 2.50. The maximum Gasteiger partial charge on any atom is 0.225 e. The molecule has 1 aromatic rings. The molecule has 5 heteroatoms. The minimum absolute atomic E-state index is 0.639. The smallest absolute Gasteiger partial charge is 0.225 e. The number of carbonyl (C=O) groups is 1. The van der Waals surface area contributed by atoms with E-state index in [4.69, 9.17) is 0 Å². The number of aromatic nitrogens is 2. The molecule has 1 aromatic heterocycles. The largest absolute Gasteiger partial charge is 0.338 e. The highest BCUT2D eigenvalue weighted by molar-refractivity contribution is 5.48. The monoisotopic (exact) mass is 266 g/mol. The average Bonchev–Trinajstić information content (AvgIpc) is 2.51. The van der Waals surface area contributed by atoms with Gasteiger partial charge in [-0.3, -0.25) is 0 Å². The molecule has 0 saturated carbocycles. The molecule has 0 radical (unpaired) electrons. The number of aldehydes is 1. The average molecular weight is 266 g/mol. The third kappa shape index (κ3) is 7.51. The lowest BCUT2D eigenvalue weighted by Gasteiger charge is -2.32. The maximum atomic E-state index is 9.17. The van der Waals surface area contributed by atoms with Gasteiger partial charge in [-0.25, -0.2) is 9.97 Å². The first-order valence-electron chi connectivity index (χ1n) is 6.92. The molecule has 2 heterocycles. The third-order valence-electron chi connectivity index (χ3n) is 2.50. The van der Waals surface area contributed by atoms with Gasteiger partial charge in [-0.2, -0.15) is 0 Å². The van der Waals surface area contributed by atoms with Gasteiger partial charge in [0.25, 0.3) is 0 Å². The van der Waals surface area contributed by atoms with Crippen molar-refractivity contribution >= 4 is 12.2 Å². The second kappa shape index (κ2) is 11.6. The van der Waals surface area contributed by atoms with Crippen molar-refractivity contribution in [2.45, 2.75) is 27.2 Å². The highest BCUT2D eigenvalue weighted by Crippen LogP contribution is 2.07. The van der Waals surface area contributed by atoms with E-state index in [0.717, 1.165) is 38.4 Å². The van der Waals surface area contributed by atoms with Gasteiger partial charge in [-0.05, 0) is 13.1 Å². The van der Waals surface area contributed by atoms with Crippen LogP contribution < -0.4 is 4.90 Å². The van der Waals surface area contributed by atoms with Crippen molar-refractivity contribution in [3.63, 3.8) is 0 Å². The summed E-state index contributed by atoms with van der Waals surface area (Å²) in [5, 5.41) is 0. The summed E-state index contributed by atoms with van der Waals surface area (Å²) in [5.74, 6) is 0.857. The molecule has 0 bridgehead atoms. The Morgan fingerprint density at radius 2 is 1.63 bits per heavy atom. The van der Waals surface area contributed by atoms with Gasteiger partial charge in [0.15, 0.2) is 0 Å². The lowest BCUT2D eigenvalue weighted by molar-refractivity contribution is -0.107. The quantitative estimate of drug-likeness (QED) is 0.765. The summed E-state index contributed by atoms with van der Waals surface area (Å²) < 4.78 is 0. The van der Waals surface area contributed by atoms with Crippen LogP contribution in [-0.2, 0) is 4.79 Å². The van der Waals surface area contributed by atoms with E-state index < -0.39 is 0 Å². The van der Waals surface area contributed by atoms with Crippen molar-refractivity contribution in [1.29, 1.82) is 0 Å². The van der Waals surface area contributed by atoms with Crippen molar-refractivity contribution in [3.05, 3.63) is 18.5 Å². The molecule has 1 saturated heterocycles. The lowest BCUT2D eigenvalue weighted by atomic mass is 10.3. The standard InChI is InChI=1S/C9H14N4.C3H6O.C2H6/c1-12-5-7-13(8-6-12)9-10-3-2-4-11-9;1-2-3-4;1-2/h2-4H,5-8H2,1H3;3H,2H2,1H3;1-2H3. The number of piperazine rings is 1. The van der Waals surface area contributed by atoms with Crippen LogP contribution in [0.1, 0.15) is 27.2 Å². The van der Waals surface area contributed by atoms with Gasteiger partial charge in [0.2, 0.25) is 5.95 Å². The molecule has 1 fully saturated rings. The second-order valence-electron chi connectivity index (χ2n) is 3.91. The SMILES string of the molecule is CC.CCC=O.CN1CCN(c2ncccn2)CC1. The first kappa shape index (κ1) is 17.5. The molecule has 0 amide bonds. The molecule has 19 heavy (non-hydrogen) atoms. The number of anilines is 1. The van der Waals surface area contributed by atoms with Crippen LogP contribution in [0.3, 0.4) is 0 Å². The zero-order chi connectivity index (χ0) is 14.5. The van der Waals surface area contributed by atoms with Gasteiger partial charge in [0.1, 0.15) is 6.29 Å². The summed E-state index contributed by atoms with van der Waals surface area (Å²) in [4.78, 5) is 22.2. The molecular weight excluding hydrogens is 240 g/mol. The number of nitrogens with zero attached hydrogens (tertiary/aromatic N) is 4. The topological polar surface area (TPSA) is 49.3 Å². The number of hydrogen-bond donors (Lipinski definition) is 0. The minimum atomic E-state index is 0.639. The zero-order valence-corrected chi connectivity index (χ0v) is 12.5. The Balaban J connectivity index is 0.000000467. The van der Waals surface area contributed by atoms with Crippen molar-refractivity contribution in [1.82, 2.24) is 14.9 Å². The Labute approximate surface area is 116 Å². The van der Waals surface area contributed by atoms with Gasteiger partial charge < -0.3 is 14.6 Å². The molecule has 5 nitrogen and oxygen atoms in total. The highest BCUT2D eigenvalue weighted by Gasteiger charge is 2.15. The molecule has 108 valence electrons. The number of hydrogen-bond acceptors (Lipinski definition) is 5. The van der Waals surface area contributed by atoms with E-state index in [1.54, 1.807) is 12.4 Å². The predicted octanol–water partition coefficient (Wildman–Crippen LogP) is 1.85. The molecule has 0 spiro atoms. The van der Waals surface area contributed by atoms with Gasteiger partial charge in [0.05, 0.1) is 0 Å². The predicted molar refractivity (Wildman–Crippen MR) is 79.4 cm³/mol. The molecular formula is C14H26N4O. The maximum absolute atomic E-state index is 9.17. The van der Waals surface area contributed by atoms with Crippen molar-refractivity contribution in [3.8, 4) is 0 Å². The number of likely N-dealkylation sites (N-methyl/N-ethyl adjacent to an activating group) is 1. The van der Waals surface area contributed by atoms with Crippen LogP contribution >= 0.6 is 0 Å². The molecule has 1 aliphatic heterocycles. The normalized spacial score (nSPS) is 14.6. The molecule has 0 aromatic carbocycles. The highest BCUT2D eigenvalue weighted by atomic mass is 16.1. The van der Waals surface area contributed by atoms with Crippen LogP contribution in [0.2, 0.25) is 0 Å². The minimum Gasteiger partial charge on any atom is -0.338 e. The number of carbonyl (C=O) groups excluding carboxylic acids is 1. The van der Waals surface area contributed by atoms with E-state index in [1.807, 2.05) is 26.8 Å². The van der Waals surface area contributed by atoms with Crippen molar-refractivity contribution in [2.24, 2.45) is 0 Å². The lowest BCUT2D eigenvalue weighted by Crippen LogP contribution is -2.45. The zero-order valence-electron chi connectivity index (χ0n) is 12.5. The Kier molecular flexibility index (Phi) is 10.7. The van der Waals surface area contributed by atoms with E-state index in [0.29, 0.717) is 6.42 Å². The van der Waals surface area contributed by atoms with Crippen molar-refractivity contribution in [2.75, 3.05) is 38.1 Å². The van der Waals surface area contributed by atoms with Crippen LogP contribution in [-0.4, -0.2) is 54.4 Å². The van der Waals surface area contributed by atoms with E-state index in [1.165, 1.54) is 0 Å². The molecule has 1 aliphatic rings. The fourth-order valence-corrected chi connectivity index (χ4v) is 1.46. The first-order valence-corrected chi connectivity index (χ1v) is 6.92. The van der Waals surface area contributed by atoms with Gasteiger partial charge in [-0.1, -0.05) is 20.8 Å². The van der Waals surface area contributed by atoms with Gasteiger partial charge >= 0.3 is 0 Å². The summed E-state index contributed by atoms with van der Waals surface area (Å²) in [5.41, 5.74) is 0. The van der Waals surface area contributed by atoms with Crippen LogP contribution in [0.25, 0.3) is 0 Å². The Morgan fingerprint density at radius 1 is 1.16 bits per heavy atom. The Morgan fingerprint density at radius 3 is 2.05 bits per heavy atom. The summed E-state index contributed by atoms with van der Waals surface area (Å²) in [6, 6.07) is 1.85. The molecule has 0 aliphatic carbocycles. The van der Waals surface area contributed by atoms with Gasteiger partial charge in [-0.15, -0.1) is 0 Å². The van der Waals surface area contributed by atoms with Crippen LogP contribution in [0.5, 0.6) is 0 Å². The summed E-state index contributed by atoms with van der Waals surface area (Å²) in [6.07, 6.45) is 5.10. The van der Waals surface area contributed by atoms with Crippen molar-refractivity contribution < 1.29 is 4.79 Å². The summed E-state index contributed by atoms with van der Waals surface area (Å²) in [6.45, 7) is 10.1. The van der Waals surface area contributed by atoms with E-state index in [2.05, 4.69) is 26.8 Å².